The van der Waals surface area contributed by atoms with Gasteiger partial charge in [0.15, 0.2) is 5.84 Å². The molecule has 12 heteroatoms. The van der Waals surface area contributed by atoms with Gasteiger partial charge in [-0.05, 0) is 34.9 Å². The van der Waals surface area contributed by atoms with Crippen molar-refractivity contribution in [3.05, 3.63) is 46.5 Å². The van der Waals surface area contributed by atoms with Crippen molar-refractivity contribution in [2.24, 2.45) is 4.99 Å². The normalized spacial score (nSPS) is 11.6. The Kier molecular flexibility index (Phi) is 5.94. The Morgan fingerprint density at radius 3 is 2.93 bits per heavy atom. The highest BCUT2D eigenvalue weighted by Gasteiger charge is 2.18. The Morgan fingerprint density at radius 1 is 1.37 bits per heavy atom. The minimum absolute atomic E-state index is 0.0187. The van der Waals surface area contributed by atoms with Crippen LogP contribution in [-0.2, 0) is 6.42 Å². The number of benzene rings is 1. The molecule has 27 heavy (non-hydrogen) atoms. The zero-order valence-electron chi connectivity index (χ0n) is 14.0. The highest BCUT2D eigenvalue weighted by molar-refractivity contribution is 6.31. The fourth-order valence-electron chi connectivity index (χ4n) is 2.07. The number of rotatable bonds is 7. The predicted octanol–water partition coefficient (Wildman–Crippen LogP) is 2.62. The van der Waals surface area contributed by atoms with Crippen molar-refractivity contribution in [1.29, 1.82) is 0 Å². The lowest BCUT2D eigenvalue weighted by atomic mass is 10.3. The van der Waals surface area contributed by atoms with Gasteiger partial charge in [0.25, 0.3) is 5.88 Å². The first-order valence-corrected chi connectivity index (χ1v) is 8.13. The van der Waals surface area contributed by atoms with E-state index >= 15 is 0 Å². The van der Waals surface area contributed by atoms with Crippen LogP contribution in [0.5, 0.6) is 5.88 Å². The number of hydroxylamine groups is 1. The maximum Gasteiger partial charge on any atom is 0.287 e. The van der Waals surface area contributed by atoms with Crippen LogP contribution in [0.2, 0.25) is 5.02 Å². The third kappa shape index (κ3) is 4.77. The number of aromatic nitrogens is 4. The molecular weight excluding hydrogens is 383 g/mol. The Balaban J connectivity index is 1.66. The van der Waals surface area contributed by atoms with Crippen LogP contribution >= 0.6 is 11.6 Å². The van der Waals surface area contributed by atoms with E-state index in [1.54, 1.807) is 6.92 Å². The Morgan fingerprint density at radius 2 is 2.22 bits per heavy atom. The van der Waals surface area contributed by atoms with Gasteiger partial charge in [-0.1, -0.05) is 11.6 Å². The summed E-state index contributed by atoms with van der Waals surface area (Å²) < 4.78 is 28.6. The highest BCUT2D eigenvalue weighted by Crippen LogP contribution is 2.23. The maximum absolute atomic E-state index is 13.2. The van der Waals surface area contributed by atoms with Gasteiger partial charge in [0.2, 0.25) is 17.5 Å². The van der Waals surface area contributed by atoms with Crippen LogP contribution in [0, 0.1) is 12.7 Å². The second-order valence-corrected chi connectivity index (χ2v) is 5.66. The molecule has 142 valence electrons. The van der Waals surface area contributed by atoms with E-state index in [1.807, 2.05) is 5.48 Å². The number of aliphatic imine (C=N–C) groups is 1. The second kappa shape index (κ2) is 8.56. The molecule has 1 aromatic carbocycles. The number of ether oxygens (including phenoxy) is 1. The van der Waals surface area contributed by atoms with E-state index in [-0.39, 0.29) is 34.7 Å². The van der Waals surface area contributed by atoms with Gasteiger partial charge in [-0.3, -0.25) is 10.7 Å². The molecule has 2 aromatic heterocycles. The van der Waals surface area contributed by atoms with Crippen LogP contribution in [0.25, 0.3) is 0 Å². The third-order valence-corrected chi connectivity index (χ3v) is 3.56. The number of amidine groups is 1. The molecule has 0 aliphatic carbocycles. The largest absolute Gasteiger partial charge is 0.474 e. The molecule has 0 saturated carbocycles. The number of halogens is 2. The monoisotopic (exact) mass is 396 g/mol. The number of nitrogens with one attached hydrogen (secondary N) is 1. The summed E-state index contributed by atoms with van der Waals surface area (Å²) in [5.74, 6) is 0.316. The Hall–Kier alpha value is -3.05. The number of hydrogen-bond donors (Lipinski definition) is 2. The van der Waals surface area contributed by atoms with E-state index in [1.165, 1.54) is 12.1 Å². The fraction of sp³-hybridized carbons (Fsp3) is 0.267. The SMILES string of the molecule is Cc1nnc(CCCOc2nonc2C(=Nc2ccc(F)c(Cl)c2)NO)o1. The summed E-state index contributed by atoms with van der Waals surface area (Å²) in [7, 11) is 0. The third-order valence-electron chi connectivity index (χ3n) is 3.27. The van der Waals surface area contributed by atoms with E-state index in [4.69, 9.17) is 20.8 Å². The topological polar surface area (TPSA) is 132 Å². The Bertz CT molecular complexity index is 944. The van der Waals surface area contributed by atoms with Crippen molar-refractivity contribution in [3.8, 4) is 5.88 Å². The standard InChI is InChI=1S/C15H14ClFN6O4/c1-8-19-20-12(26-8)3-2-6-25-15-13(22-27-23-15)14(21-24)18-9-4-5-11(17)10(16)7-9/h4-5,7,24H,2-3,6H2,1H3,(H,18,21). The van der Waals surface area contributed by atoms with Crippen molar-refractivity contribution in [2.45, 2.75) is 19.8 Å². The van der Waals surface area contributed by atoms with Gasteiger partial charge in [-0.25, -0.2) is 14.0 Å². The molecule has 2 heterocycles. The molecule has 0 aliphatic heterocycles. The lowest BCUT2D eigenvalue weighted by Crippen LogP contribution is -2.21. The summed E-state index contributed by atoms with van der Waals surface area (Å²) in [5, 5.41) is 24.1. The van der Waals surface area contributed by atoms with Gasteiger partial charge in [0, 0.05) is 13.3 Å². The van der Waals surface area contributed by atoms with E-state index in [2.05, 4.69) is 30.1 Å². The van der Waals surface area contributed by atoms with Gasteiger partial charge in [-0.2, -0.15) is 0 Å². The van der Waals surface area contributed by atoms with Gasteiger partial charge >= 0.3 is 0 Å². The zero-order chi connectivity index (χ0) is 19.2. The average molecular weight is 397 g/mol. The molecule has 0 saturated heterocycles. The predicted molar refractivity (Wildman–Crippen MR) is 89.7 cm³/mol. The van der Waals surface area contributed by atoms with Crippen molar-refractivity contribution >= 4 is 23.1 Å². The first-order valence-electron chi connectivity index (χ1n) is 7.75. The van der Waals surface area contributed by atoms with Crippen molar-refractivity contribution in [2.75, 3.05) is 6.61 Å². The van der Waals surface area contributed by atoms with Gasteiger partial charge in [-0.15, -0.1) is 10.2 Å². The summed E-state index contributed by atoms with van der Waals surface area (Å²) in [5.41, 5.74) is 2.19. The van der Waals surface area contributed by atoms with Gasteiger partial charge < -0.3 is 9.15 Å². The quantitative estimate of drug-likeness (QED) is 0.267. The molecule has 0 spiro atoms. The number of hydrogen-bond acceptors (Lipinski definition) is 9. The summed E-state index contributed by atoms with van der Waals surface area (Å²) in [6.07, 6.45) is 1.09. The van der Waals surface area contributed by atoms with Crippen LogP contribution in [0.4, 0.5) is 10.1 Å². The first kappa shape index (κ1) is 18.7. The summed E-state index contributed by atoms with van der Waals surface area (Å²) in [4.78, 5) is 4.09. The number of nitrogens with zero attached hydrogens (tertiary/aromatic N) is 5. The molecule has 0 bridgehead atoms. The van der Waals surface area contributed by atoms with E-state index < -0.39 is 5.82 Å². The van der Waals surface area contributed by atoms with Crippen LogP contribution in [0.15, 0.2) is 32.2 Å². The van der Waals surface area contributed by atoms with Crippen LogP contribution < -0.4 is 10.2 Å². The van der Waals surface area contributed by atoms with Crippen LogP contribution in [0.3, 0.4) is 0 Å². The lowest BCUT2D eigenvalue weighted by Gasteiger charge is -2.05. The van der Waals surface area contributed by atoms with E-state index in [9.17, 15) is 9.60 Å². The molecule has 0 fully saturated rings. The molecule has 3 rings (SSSR count). The molecule has 0 unspecified atom stereocenters. The molecule has 3 aromatic rings. The minimum atomic E-state index is -0.585. The molecular formula is C15H14ClFN6O4. The number of aryl methyl sites for hydroxylation is 2. The van der Waals surface area contributed by atoms with Crippen molar-refractivity contribution in [1.82, 2.24) is 26.0 Å². The summed E-state index contributed by atoms with van der Waals surface area (Å²) >= 11 is 5.72. The smallest absolute Gasteiger partial charge is 0.287 e. The lowest BCUT2D eigenvalue weighted by molar-refractivity contribution is 0.233. The van der Waals surface area contributed by atoms with Gasteiger partial charge in [0.1, 0.15) is 5.82 Å². The molecule has 2 N–H and O–H groups in total. The average Bonchev–Trinajstić information content (AvgIpc) is 3.28. The summed E-state index contributed by atoms with van der Waals surface area (Å²) in [6, 6.07) is 3.81. The minimum Gasteiger partial charge on any atom is -0.474 e. The Labute approximate surface area is 156 Å². The molecule has 0 aliphatic rings. The van der Waals surface area contributed by atoms with Crippen LogP contribution in [0.1, 0.15) is 23.9 Å². The maximum atomic E-state index is 13.2. The zero-order valence-corrected chi connectivity index (χ0v) is 14.8. The summed E-state index contributed by atoms with van der Waals surface area (Å²) in [6.45, 7) is 1.96. The fourth-order valence-corrected chi connectivity index (χ4v) is 2.24. The molecule has 0 atom stereocenters. The van der Waals surface area contributed by atoms with Crippen LogP contribution in [-0.4, -0.2) is 38.2 Å². The molecule has 0 radical (unpaired) electrons. The first-order chi connectivity index (χ1) is 13.1. The molecule has 0 amide bonds. The van der Waals surface area contributed by atoms with E-state index in [0.717, 1.165) is 6.07 Å². The van der Waals surface area contributed by atoms with Crippen molar-refractivity contribution in [3.63, 3.8) is 0 Å². The molecule has 10 nitrogen and oxygen atoms in total. The van der Waals surface area contributed by atoms with Gasteiger partial charge in [0.05, 0.1) is 17.3 Å². The van der Waals surface area contributed by atoms with Crippen molar-refractivity contribution < 1.29 is 23.4 Å². The van der Waals surface area contributed by atoms with E-state index in [0.29, 0.717) is 24.6 Å². The second-order valence-electron chi connectivity index (χ2n) is 5.26. The highest BCUT2D eigenvalue weighted by atomic mass is 35.5.